The van der Waals surface area contributed by atoms with Crippen LogP contribution in [0.4, 0.5) is 0 Å². The molecule has 0 heterocycles. The summed E-state index contributed by atoms with van der Waals surface area (Å²) in [5.74, 6) is 0. The van der Waals surface area contributed by atoms with Gasteiger partial charge >= 0.3 is 0 Å². The first-order chi connectivity index (χ1) is 10.5. The van der Waals surface area contributed by atoms with Gasteiger partial charge in [-0.2, -0.15) is 0 Å². The van der Waals surface area contributed by atoms with Crippen molar-refractivity contribution in [1.82, 2.24) is 0 Å². The third-order valence-corrected chi connectivity index (χ3v) is 4.91. The summed E-state index contributed by atoms with van der Waals surface area (Å²) in [6.07, 6.45) is 0. The molecule has 4 aromatic carbocycles. The monoisotopic (exact) mass is 284 g/mol. The normalized spacial score (nSPS) is 11.6. The summed E-state index contributed by atoms with van der Waals surface area (Å²) in [5, 5.41) is 8.17. The van der Waals surface area contributed by atoms with Gasteiger partial charge in [0, 0.05) is 0 Å². The zero-order chi connectivity index (χ0) is 15.4. The fourth-order valence-electron chi connectivity index (χ4n) is 3.69. The van der Waals surface area contributed by atoms with E-state index in [-0.39, 0.29) is 0 Å². The lowest BCUT2D eigenvalue weighted by Gasteiger charge is -2.13. The summed E-state index contributed by atoms with van der Waals surface area (Å²) in [6.45, 7) is 8.84. The topological polar surface area (TPSA) is 0 Å². The maximum atomic E-state index is 2.36. The van der Waals surface area contributed by atoms with Gasteiger partial charge in [0.05, 0.1) is 0 Å². The molecule has 0 spiro atoms. The van der Waals surface area contributed by atoms with Crippen molar-refractivity contribution in [2.45, 2.75) is 27.7 Å². The van der Waals surface area contributed by atoms with Crippen molar-refractivity contribution in [3.63, 3.8) is 0 Å². The van der Waals surface area contributed by atoms with Gasteiger partial charge in [-0.1, -0.05) is 35.9 Å². The Morgan fingerprint density at radius 3 is 2.09 bits per heavy atom. The van der Waals surface area contributed by atoms with E-state index < -0.39 is 0 Å². The van der Waals surface area contributed by atoms with E-state index in [9.17, 15) is 0 Å². The van der Waals surface area contributed by atoms with Gasteiger partial charge in [-0.3, -0.25) is 0 Å². The van der Waals surface area contributed by atoms with Crippen molar-refractivity contribution in [1.29, 1.82) is 0 Å². The molecule has 0 bridgehead atoms. The van der Waals surface area contributed by atoms with Gasteiger partial charge in [-0.25, -0.2) is 0 Å². The van der Waals surface area contributed by atoms with Crippen LogP contribution in [0.3, 0.4) is 0 Å². The van der Waals surface area contributed by atoms with E-state index in [1.165, 1.54) is 54.6 Å². The minimum atomic E-state index is 1.32. The van der Waals surface area contributed by atoms with E-state index in [4.69, 9.17) is 0 Å². The molecule has 0 N–H and O–H groups in total. The predicted molar refractivity (Wildman–Crippen MR) is 97.9 cm³/mol. The van der Waals surface area contributed by atoms with Crippen molar-refractivity contribution in [3.05, 3.63) is 70.8 Å². The molecule has 0 aliphatic heterocycles. The van der Waals surface area contributed by atoms with Gasteiger partial charge in [0.15, 0.2) is 0 Å². The molecule has 0 nitrogen and oxygen atoms in total. The Morgan fingerprint density at radius 1 is 0.545 bits per heavy atom. The Kier molecular flexibility index (Phi) is 2.77. The second-order valence-electron chi connectivity index (χ2n) is 6.55. The molecule has 4 aromatic rings. The van der Waals surface area contributed by atoms with Crippen molar-refractivity contribution in [3.8, 4) is 0 Å². The highest BCUT2D eigenvalue weighted by Crippen LogP contribution is 2.34. The SMILES string of the molecule is Cc1ccc2cc3c(C)c4c(C)ccc(C)c4cc3cc2c1. The van der Waals surface area contributed by atoms with E-state index in [2.05, 4.69) is 76.2 Å². The molecule has 0 aliphatic rings. The molecule has 108 valence electrons. The number of hydrogen-bond donors (Lipinski definition) is 0. The zero-order valence-corrected chi connectivity index (χ0v) is 13.6. The largest absolute Gasteiger partial charge is 0.0587 e. The van der Waals surface area contributed by atoms with Crippen LogP contribution in [0, 0.1) is 27.7 Å². The van der Waals surface area contributed by atoms with Gasteiger partial charge in [0.2, 0.25) is 0 Å². The summed E-state index contributed by atoms with van der Waals surface area (Å²) >= 11 is 0. The van der Waals surface area contributed by atoms with E-state index in [0.717, 1.165) is 0 Å². The van der Waals surface area contributed by atoms with Crippen LogP contribution in [0.25, 0.3) is 32.3 Å². The number of fused-ring (bicyclic) bond motifs is 3. The van der Waals surface area contributed by atoms with Crippen molar-refractivity contribution < 1.29 is 0 Å². The summed E-state index contributed by atoms with van der Waals surface area (Å²) < 4.78 is 0. The lowest BCUT2D eigenvalue weighted by atomic mass is 9.91. The first-order valence-electron chi connectivity index (χ1n) is 7.88. The van der Waals surface area contributed by atoms with Crippen LogP contribution in [0.2, 0.25) is 0 Å². The molecular weight excluding hydrogens is 264 g/mol. The fourth-order valence-corrected chi connectivity index (χ4v) is 3.69. The van der Waals surface area contributed by atoms with Crippen LogP contribution in [-0.2, 0) is 0 Å². The molecular formula is C22H20. The third-order valence-electron chi connectivity index (χ3n) is 4.91. The first-order valence-corrected chi connectivity index (χ1v) is 7.88. The highest BCUT2D eigenvalue weighted by Gasteiger charge is 2.09. The van der Waals surface area contributed by atoms with Crippen LogP contribution in [-0.4, -0.2) is 0 Å². The molecule has 0 aliphatic carbocycles. The van der Waals surface area contributed by atoms with E-state index in [1.54, 1.807) is 0 Å². The van der Waals surface area contributed by atoms with Crippen LogP contribution in [0.1, 0.15) is 22.3 Å². The molecule has 0 saturated carbocycles. The maximum absolute atomic E-state index is 2.36. The Morgan fingerprint density at radius 2 is 1.27 bits per heavy atom. The Hall–Kier alpha value is -2.34. The van der Waals surface area contributed by atoms with E-state index in [0.29, 0.717) is 0 Å². The summed E-state index contributed by atoms with van der Waals surface area (Å²) in [5.41, 5.74) is 5.44. The number of aryl methyl sites for hydroxylation is 4. The van der Waals surface area contributed by atoms with E-state index >= 15 is 0 Å². The molecule has 0 aromatic heterocycles. The molecule has 0 saturated heterocycles. The van der Waals surface area contributed by atoms with Gasteiger partial charge in [0.25, 0.3) is 0 Å². The minimum absolute atomic E-state index is 1.32. The highest BCUT2D eigenvalue weighted by molar-refractivity contribution is 6.09. The van der Waals surface area contributed by atoms with Gasteiger partial charge in [-0.15, -0.1) is 0 Å². The van der Waals surface area contributed by atoms with Crippen molar-refractivity contribution in [2.24, 2.45) is 0 Å². The van der Waals surface area contributed by atoms with Crippen LogP contribution >= 0.6 is 0 Å². The molecule has 0 amide bonds. The summed E-state index contributed by atoms with van der Waals surface area (Å²) in [4.78, 5) is 0. The number of rotatable bonds is 0. The molecule has 0 heteroatoms. The quantitative estimate of drug-likeness (QED) is 0.329. The van der Waals surface area contributed by atoms with Crippen molar-refractivity contribution in [2.75, 3.05) is 0 Å². The van der Waals surface area contributed by atoms with Gasteiger partial charge in [0.1, 0.15) is 0 Å². The standard InChI is InChI=1S/C22H20/c1-13-5-8-17-11-21-16(4)22-15(3)7-6-14(2)20(22)12-19(21)10-18(17)9-13/h5-12H,1-4H3. The molecule has 22 heavy (non-hydrogen) atoms. The highest BCUT2D eigenvalue weighted by atomic mass is 14.1. The molecule has 4 rings (SSSR count). The molecule has 0 unspecified atom stereocenters. The lowest BCUT2D eigenvalue weighted by Crippen LogP contribution is -1.89. The zero-order valence-electron chi connectivity index (χ0n) is 13.6. The lowest BCUT2D eigenvalue weighted by molar-refractivity contribution is 1.44. The molecule has 0 radical (unpaired) electrons. The van der Waals surface area contributed by atoms with Crippen LogP contribution in [0.15, 0.2) is 48.5 Å². The second-order valence-corrected chi connectivity index (χ2v) is 6.55. The Bertz CT molecular complexity index is 1050. The third kappa shape index (κ3) is 1.84. The minimum Gasteiger partial charge on any atom is -0.0587 e. The second kappa shape index (κ2) is 4.58. The van der Waals surface area contributed by atoms with Gasteiger partial charge in [-0.05, 0) is 94.9 Å². The van der Waals surface area contributed by atoms with E-state index in [1.807, 2.05) is 0 Å². The average Bonchev–Trinajstić information content (AvgIpc) is 2.49. The summed E-state index contributed by atoms with van der Waals surface area (Å²) in [6, 6.07) is 18.2. The predicted octanol–water partition coefficient (Wildman–Crippen LogP) is 6.38. The van der Waals surface area contributed by atoms with Crippen LogP contribution in [0.5, 0.6) is 0 Å². The Balaban J connectivity index is 2.24. The number of benzene rings is 4. The Labute approximate surface area is 131 Å². The number of hydrogen-bond acceptors (Lipinski definition) is 0. The summed E-state index contributed by atoms with van der Waals surface area (Å²) in [7, 11) is 0. The fraction of sp³-hybridized carbons (Fsp3) is 0.182. The van der Waals surface area contributed by atoms with Gasteiger partial charge < -0.3 is 0 Å². The average molecular weight is 284 g/mol. The van der Waals surface area contributed by atoms with Crippen LogP contribution < -0.4 is 0 Å². The molecule has 0 atom stereocenters. The van der Waals surface area contributed by atoms with Crippen molar-refractivity contribution >= 4 is 32.3 Å². The first kappa shape index (κ1) is 13.3. The smallest absolute Gasteiger partial charge is 0.0116 e. The maximum Gasteiger partial charge on any atom is -0.0116 e. The molecule has 0 fully saturated rings.